The quantitative estimate of drug-likeness (QED) is 0.0891. The molecule has 0 aliphatic rings. The Hall–Kier alpha value is -1.97. The Bertz CT molecular complexity index is 2420. The van der Waals surface area contributed by atoms with E-state index in [1.807, 2.05) is 0 Å². The molecule has 0 radical (unpaired) electrons. The number of nitrogens with two attached hydrogens (primary N) is 1. The number of rotatable bonds is 7. The minimum atomic E-state index is -5.43. The molecule has 0 amide bonds. The first-order valence-corrected chi connectivity index (χ1v) is 16.5. The van der Waals surface area contributed by atoms with Crippen LogP contribution in [0.25, 0.3) is 21.5 Å². The Morgan fingerprint density at radius 3 is 2.00 bits per heavy atom. The van der Waals surface area contributed by atoms with Crippen LogP contribution in [0, 0.1) is 0 Å². The first kappa shape index (κ1) is 42.2. The van der Waals surface area contributed by atoms with Crippen molar-refractivity contribution >= 4 is 92.5 Å². The van der Waals surface area contributed by atoms with E-state index in [-0.39, 0.29) is 106 Å². The molecule has 0 unspecified atom stereocenters. The summed E-state index contributed by atoms with van der Waals surface area (Å²) in [5.74, 6) is -1.02. The van der Waals surface area contributed by atoms with Gasteiger partial charge in [-0.2, -0.15) is 15.0 Å². The Morgan fingerprint density at radius 2 is 1.42 bits per heavy atom. The zero-order chi connectivity index (χ0) is 33.1. The van der Waals surface area contributed by atoms with Crippen LogP contribution in [-0.4, -0.2) is 66.0 Å². The van der Waals surface area contributed by atoms with Crippen molar-refractivity contribution in [3.05, 3.63) is 59.9 Å². The van der Waals surface area contributed by atoms with Gasteiger partial charge in [-0.1, -0.05) is 18.2 Å². The van der Waals surface area contributed by atoms with Gasteiger partial charge in [-0.15, -0.1) is 10.2 Å². The second-order valence-corrected chi connectivity index (χ2v) is 13.5. The molecule has 5 aromatic rings. The van der Waals surface area contributed by atoms with Crippen molar-refractivity contribution in [2.45, 2.75) is 14.7 Å². The second kappa shape index (κ2) is 15.5. The van der Waals surface area contributed by atoms with Crippen molar-refractivity contribution in [2.75, 3.05) is 17.7 Å². The number of phenols is 1. The van der Waals surface area contributed by atoms with Gasteiger partial charge in [0, 0.05) is 28.9 Å². The number of nitrogen functional groups attached to an aromatic ring is 1. The molecule has 0 fully saturated rings. The molecule has 24 heteroatoms. The Morgan fingerprint density at radius 1 is 0.792 bits per heavy atom. The number of phenolic OH excluding ortho intramolecular Hbond substituents is 1. The van der Waals surface area contributed by atoms with E-state index < -0.39 is 72.9 Å². The number of anilines is 3. The summed E-state index contributed by atoms with van der Waals surface area (Å²) >= 11 is 5.84. The molecular formula is C24H15ClLiN7Na2O10S3. The number of aromatic hydroxyl groups is 1. The van der Waals surface area contributed by atoms with Crippen LogP contribution in [0.4, 0.5) is 29.0 Å². The number of halogens is 1. The van der Waals surface area contributed by atoms with Gasteiger partial charge in [-0.25, -0.2) is 25.3 Å². The third-order valence-corrected chi connectivity index (χ3v) is 9.18. The SMILES string of the molecule is CN(c1ccc2c(O)c(N=Nc3ccc4c(S(=O)(=O)[O-])cccc4c3S(=O)(=O)[O-])c(S(=O)(=O)[O-])cc2c1)c1nc(N)nc(Cl)n1.[Li+].[Na+].[Na+]. The monoisotopic (exact) mass is 745 g/mol. The minimum Gasteiger partial charge on any atom is -0.744 e. The van der Waals surface area contributed by atoms with Gasteiger partial charge in [0.15, 0.2) is 5.75 Å². The number of benzene rings is 4. The number of aromatic nitrogens is 3. The van der Waals surface area contributed by atoms with Crippen molar-refractivity contribution in [2.24, 2.45) is 10.2 Å². The standard InChI is InChI=1S/C24H18ClN7O10S3.Li.2Na/c1-32(24-28-22(25)27-23(26)29-24)12-5-6-13-11(9-12)10-18(44(37,38)39)19(20(13)33)31-30-16-8-7-14-15(21(16)45(40,41)42)3-2-4-17(14)43(34,35)36;;;/h2-10,33H,1H3,(H,34,35,36)(H,37,38,39)(H,40,41,42)(H2,26,27,28,29);;;/q;3*+1/p-3. The Balaban J connectivity index is 0.00000267. The van der Waals surface area contributed by atoms with Crippen LogP contribution in [0.15, 0.2) is 79.5 Å². The maximum atomic E-state index is 12.2. The number of hydrogen-bond donors (Lipinski definition) is 2. The van der Waals surface area contributed by atoms with E-state index in [0.29, 0.717) is 5.69 Å². The van der Waals surface area contributed by atoms with E-state index in [4.69, 9.17) is 17.3 Å². The first-order valence-electron chi connectivity index (χ1n) is 11.9. The smallest absolute Gasteiger partial charge is 0.744 e. The van der Waals surface area contributed by atoms with Crippen LogP contribution in [0.3, 0.4) is 0 Å². The van der Waals surface area contributed by atoms with Gasteiger partial charge >= 0.3 is 78.0 Å². The van der Waals surface area contributed by atoms with E-state index in [2.05, 4.69) is 25.2 Å². The molecule has 0 spiro atoms. The van der Waals surface area contributed by atoms with Gasteiger partial charge in [0.05, 0.1) is 14.7 Å². The van der Waals surface area contributed by atoms with Crippen LogP contribution < -0.4 is 88.6 Å². The summed E-state index contributed by atoms with van der Waals surface area (Å²) < 4.78 is 108. The van der Waals surface area contributed by atoms with E-state index >= 15 is 0 Å². The fourth-order valence-electron chi connectivity index (χ4n) is 4.41. The van der Waals surface area contributed by atoms with Gasteiger partial charge in [0.25, 0.3) is 0 Å². The third kappa shape index (κ3) is 8.66. The molecule has 5 rings (SSSR count). The van der Waals surface area contributed by atoms with Crippen molar-refractivity contribution in [3.63, 3.8) is 0 Å². The molecule has 0 aliphatic carbocycles. The summed E-state index contributed by atoms with van der Waals surface area (Å²) in [4.78, 5) is 10.00. The topological polar surface area (TPSA) is 284 Å². The molecule has 4 aromatic carbocycles. The van der Waals surface area contributed by atoms with Gasteiger partial charge in [0.2, 0.25) is 17.2 Å². The molecule has 0 atom stereocenters. The summed E-state index contributed by atoms with van der Waals surface area (Å²) in [6.45, 7) is 0. The van der Waals surface area contributed by atoms with Gasteiger partial charge in [0.1, 0.15) is 41.7 Å². The Labute approximate surface area is 334 Å². The molecule has 1 heterocycles. The molecule has 0 saturated carbocycles. The summed E-state index contributed by atoms with van der Waals surface area (Å²) in [6, 6.07) is 9.84. The van der Waals surface area contributed by atoms with Crippen LogP contribution in [0.2, 0.25) is 5.28 Å². The van der Waals surface area contributed by atoms with Crippen molar-refractivity contribution in [3.8, 4) is 5.75 Å². The summed E-state index contributed by atoms with van der Waals surface area (Å²) in [7, 11) is -14.4. The largest absolute Gasteiger partial charge is 1.00 e. The van der Waals surface area contributed by atoms with Crippen molar-refractivity contribution < 1.29 is 122 Å². The fourth-order valence-corrected chi connectivity index (χ4v) is 6.72. The number of nitrogens with zero attached hydrogens (tertiary/aromatic N) is 6. The Kier molecular flexibility index (Phi) is 13.6. The summed E-state index contributed by atoms with van der Waals surface area (Å²) in [6.07, 6.45) is 0. The van der Waals surface area contributed by atoms with Crippen LogP contribution in [0.1, 0.15) is 0 Å². The van der Waals surface area contributed by atoms with Gasteiger partial charge in [-0.3, -0.25) is 0 Å². The van der Waals surface area contributed by atoms with Gasteiger partial charge in [-0.05, 0) is 53.4 Å². The van der Waals surface area contributed by atoms with Crippen LogP contribution in [-0.2, 0) is 30.4 Å². The van der Waals surface area contributed by atoms with Gasteiger partial charge < -0.3 is 29.4 Å². The maximum Gasteiger partial charge on any atom is 1.00 e. The maximum absolute atomic E-state index is 12.2. The predicted octanol–water partition coefficient (Wildman–Crippen LogP) is -5.97. The van der Waals surface area contributed by atoms with E-state index in [0.717, 1.165) is 36.4 Å². The normalized spacial score (nSPS) is 11.9. The number of hydrogen-bond acceptors (Lipinski definition) is 17. The predicted molar refractivity (Wildman–Crippen MR) is 155 cm³/mol. The molecule has 0 bridgehead atoms. The molecule has 17 nitrogen and oxygen atoms in total. The zero-order valence-corrected chi connectivity index (χ0v) is 32.4. The number of azo groups is 1. The molecule has 48 heavy (non-hydrogen) atoms. The van der Waals surface area contributed by atoms with Crippen LogP contribution >= 0.6 is 11.6 Å². The summed E-state index contributed by atoms with van der Waals surface area (Å²) in [5.41, 5.74) is 4.34. The summed E-state index contributed by atoms with van der Waals surface area (Å²) in [5, 5.41) is 17.1. The average molecular weight is 746 g/mol. The minimum absolute atomic E-state index is 0. The first-order chi connectivity index (χ1) is 20.9. The molecule has 234 valence electrons. The molecule has 1 aromatic heterocycles. The molecule has 3 N–H and O–H groups in total. The van der Waals surface area contributed by atoms with Crippen molar-refractivity contribution in [1.82, 2.24) is 15.0 Å². The molecule has 0 aliphatic heterocycles. The van der Waals surface area contributed by atoms with E-state index in [1.54, 1.807) is 0 Å². The van der Waals surface area contributed by atoms with E-state index in [9.17, 15) is 44.0 Å². The average Bonchev–Trinajstić information content (AvgIpc) is 2.93. The van der Waals surface area contributed by atoms with Crippen molar-refractivity contribution in [1.29, 1.82) is 0 Å². The van der Waals surface area contributed by atoms with E-state index in [1.165, 1.54) is 30.1 Å². The van der Waals surface area contributed by atoms with Crippen LogP contribution in [0.5, 0.6) is 5.75 Å². The molecule has 0 saturated heterocycles. The zero-order valence-electron chi connectivity index (χ0n) is 25.2. The second-order valence-electron chi connectivity index (χ2n) is 9.13. The number of fused-ring (bicyclic) bond motifs is 2. The third-order valence-electron chi connectivity index (χ3n) is 6.33. The fraction of sp³-hybridized carbons (Fsp3) is 0.0417. The molecular weight excluding hydrogens is 731 g/mol.